The molecule has 0 N–H and O–H groups in total. The van der Waals surface area contributed by atoms with E-state index >= 15 is 0 Å². The first-order valence-electron chi connectivity index (χ1n) is 9.05. The van der Waals surface area contributed by atoms with E-state index in [0.717, 1.165) is 37.8 Å². The van der Waals surface area contributed by atoms with Gasteiger partial charge in [-0.3, -0.25) is 9.59 Å². The van der Waals surface area contributed by atoms with Crippen molar-refractivity contribution in [3.63, 3.8) is 0 Å². The highest BCUT2D eigenvalue weighted by molar-refractivity contribution is 5.94. The lowest BCUT2D eigenvalue weighted by molar-refractivity contribution is -0.155. The molecule has 8 nitrogen and oxygen atoms in total. The van der Waals surface area contributed by atoms with Crippen LogP contribution in [-0.2, 0) is 28.7 Å². The molecule has 2 aliphatic heterocycles. The Kier molecular flexibility index (Phi) is 7.17. The normalized spacial score (nSPS) is 19.5. The Hall–Kier alpha value is -2.38. The monoisotopic (exact) mass is 366 g/mol. The van der Waals surface area contributed by atoms with Gasteiger partial charge in [-0.2, -0.15) is 0 Å². The molecule has 2 heterocycles. The zero-order chi connectivity index (χ0) is 19.1. The molecular formula is C18H26N2O6. The molecule has 0 aliphatic carbocycles. The summed E-state index contributed by atoms with van der Waals surface area (Å²) in [5.41, 5.74) is 0. The number of carbonyl (C=O) groups is 4. The summed E-state index contributed by atoms with van der Waals surface area (Å²) in [5, 5.41) is 0. The summed E-state index contributed by atoms with van der Waals surface area (Å²) in [5.74, 6) is -2.09. The van der Waals surface area contributed by atoms with Crippen molar-refractivity contribution >= 4 is 23.8 Å². The number of nitrogens with zero attached hydrogens (tertiary/aromatic N) is 2. The number of likely N-dealkylation sites (tertiary alicyclic amines) is 2. The number of esters is 2. The van der Waals surface area contributed by atoms with E-state index < -0.39 is 24.1 Å². The van der Waals surface area contributed by atoms with E-state index in [1.54, 1.807) is 9.80 Å². The largest absolute Gasteiger partial charge is 0.449 e. The molecule has 0 aromatic rings. The number of hydrogen-bond donors (Lipinski definition) is 0. The fraction of sp³-hybridized carbons (Fsp3) is 0.667. The summed E-state index contributed by atoms with van der Waals surface area (Å²) >= 11 is 0. The molecule has 0 unspecified atom stereocenters. The number of ether oxygens (including phenoxy) is 2. The van der Waals surface area contributed by atoms with Gasteiger partial charge in [0.05, 0.1) is 0 Å². The lowest BCUT2D eigenvalue weighted by Crippen LogP contribution is -2.38. The summed E-state index contributed by atoms with van der Waals surface area (Å²) in [7, 11) is 0. The number of hydrogen-bond acceptors (Lipinski definition) is 6. The SMILES string of the molecule is C[C@H](OC(=O)/C=C/C(=O)O[C@@H](C)C(=O)N1CCCC1)C(=O)N1CCCC1. The Morgan fingerprint density at radius 1 is 0.692 bits per heavy atom. The van der Waals surface area contributed by atoms with E-state index in [1.807, 2.05) is 0 Å². The predicted molar refractivity (Wildman–Crippen MR) is 91.9 cm³/mol. The van der Waals surface area contributed by atoms with Crippen LogP contribution in [0.1, 0.15) is 39.5 Å². The fourth-order valence-corrected chi connectivity index (χ4v) is 3.05. The van der Waals surface area contributed by atoms with Gasteiger partial charge >= 0.3 is 11.9 Å². The first-order chi connectivity index (χ1) is 12.4. The van der Waals surface area contributed by atoms with Crippen molar-refractivity contribution in [2.24, 2.45) is 0 Å². The smallest absolute Gasteiger partial charge is 0.331 e. The molecular weight excluding hydrogens is 340 g/mol. The highest BCUT2D eigenvalue weighted by atomic mass is 16.6. The number of carbonyl (C=O) groups excluding carboxylic acids is 4. The molecule has 2 saturated heterocycles. The average molecular weight is 366 g/mol. The first-order valence-corrected chi connectivity index (χ1v) is 9.05. The minimum atomic E-state index is -0.906. The van der Waals surface area contributed by atoms with Crippen LogP contribution < -0.4 is 0 Å². The Morgan fingerprint density at radius 2 is 1.00 bits per heavy atom. The maximum Gasteiger partial charge on any atom is 0.331 e. The Morgan fingerprint density at radius 3 is 1.31 bits per heavy atom. The van der Waals surface area contributed by atoms with Crippen LogP contribution in [0.2, 0.25) is 0 Å². The molecule has 2 rings (SSSR count). The zero-order valence-corrected chi connectivity index (χ0v) is 15.3. The van der Waals surface area contributed by atoms with E-state index in [9.17, 15) is 19.2 Å². The van der Waals surface area contributed by atoms with Crippen molar-refractivity contribution in [2.45, 2.75) is 51.7 Å². The van der Waals surface area contributed by atoms with Crippen LogP contribution in [0.5, 0.6) is 0 Å². The molecule has 0 bridgehead atoms. The molecule has 144 valence electrons. The Labute approximate surface area is 153 Å². The van der Waals surface area contributed by atoms with Crippen molar-refractivity contribution in [1.82, 2.24) is 9.80 Å². The van der Waals surface area contributed by atoms with Crippen molar-refractivity contribution in [3.05, 3.63) is 12.2 Å². The van der Waals surface area contributed by atoms with Crippen LogP contribution in [0, 0.1) is 0 Å². The molecule has 8 heteroatoms. The van der Waals surface area contributed by atoms with E-state index in [4.69, 9.17) is 9.47 Å². The second kappa shape index (κ2) is 9.35. The summed E-state index contributed by atoms with van der Waals surface area (Å²) < 4.78 is 10.0. The topological polar surface area (TPSA) is 93.2 Å². The molecule has 2 amide bonds. The molecule has 2 aliphatic rings. The van der Waals surface area contributed by atoms with Gasteiger partial charge < -0.3 is 19.3 Å². The number of amides is 2. The second-order valence-corrected chi connectivity index (χ2v) is 6.56. The lowest BCUT2D eigenvalue weighted by atomic mass is 10.3. The van der Waals surface area contributed by atoms with E-state index in [1.165, 1.54) is 13.8 Å². The van der Waals surface area contributed by atoms with Gasteiger partial charge in [-0.25, -0.2) is 9.59 Å². The highest BCUT2D eigenvalue weighted by Crippen LogP contribution is 2.11. The van der Waals surface area contributed by atoms with Gasteiger partial charge in [0.1, 0.15) is 0 Å². The zero-order valence-electron chi connectivity index (χ0n) is 15.3. The summed E-state index contributed by atoms with van der Waals surface area (Å²) in [4.78, 5) is 50.9. The van der Waals surface area contributed by atoms with Crippen LogP contribution in [0.4, 0.5) is 0 Å². The predicted octanol–water partition coefficient (Wildman–Crippen LogP) is 0.651. The van der Waals surface area contributed by atoms with Crippen molar-refractivity contribution in [2.75, 3.05) is 26.2 Å². The van der Waals surface area contributed by atoms with Gasteiger partial charge in [-0.15, -0.1) is 0 Å². The molecule has 0 aromatic heterocycles. The maximum atomic E-state index is 12.1. The van der Waals surface area contributed by atoms with Gasteiger partial charge in [0, 0.05) is 38.3 Å². The van der Waals surface area contributed by atoms with Crippen LogP contribution in [0.3, 0.4) is 0 Å². The Bertz CT molecular complexity index is 526. The van der Waals surface area contributed by atoms with Crippen LogP contribution in [0.25, 0.3) is 0 Å². The van der Waals surface area contributed by atoms with E-state index in [-0.39, 0.29) is 11.8 Å². The van der Waals surface area contributed by atoms with Gasteiger partial charge in [0.25, 0.3) is 11.8 Å². The highest BCUT2D eigenvalue weighted by Gasteiger charge is 2.26. The van der Waals surface area contributed by atoms with Crippen molar-refractivity contribution in [1.29, 1.82) is 0 Å². The first kappa shape index (κ1) is 19.9. The summed E-state index contributed by atoms with van der Waals surface area (Å²) in [6, 6.07) is 0. The molecule has 26 heavy (non-hydrogen) atoms. The standard InChI is InChI=1S/C18H26N2O6/c1-13(17(23)19-9-3-4-10-19)25-15(21)7-8-16(22)26-14(2)18(24)20-11-5-6-12-20/h7-8,13-14H,3-6,9-12H2,1-2H3/b8-7+/t13-,14-/m0/s1. The quantitative estimate of drug-likeness (QED) is 0.506. The molecule has 0 saturated carbocycles. The van der Waals surface area contributed by atoms with E-state index in [2.05, 4.69) is 0 Å². The molecule has 0 radical (unpaired) electrons. The summed E-state index contributed by atoms with van der Waals surface area (Å²) in [6.07, 6.45) is 3.80. The second-order valence-electron chi connectivity index (χ2n) is 6.56. The minimum Gasteiger partial charge on any atom is -0.449 e. The van der Waals surface area contributed by atoms with Crippen LogP contribution in [-0.4, -0.2) is 71.9 Å². The maximum absolute atomic E-state index is 12.1. The Balaban J connectivity index is 1.74. The third-order valence-electron chi connectivity index (χ3n) is 4.47. The van der Waals surface area contributed by atoms with Gasteiger partial charge in [-0.05, 0) is 39.5 Å². The number of rotatable bonds is 6. The van der Waals surface area contributed by atoms with Crippen molar-refractivity contribution < 1.29 is 28.7 Å². The van der Waals surface area contributed by atoms with Gasteiger partial charge in [-0.1, -0.05) is 0 Å². The third kappa shape index (κ3) is 5.57. The fourth-order valence-electron chi connectivity index (χ4n) is 3.05. The molecule has 2 atom stereocenters. The third-order valence-corrected chi connectivity index (χ3v) is 4.47. The van der Waals surface area contributed by atoms with E-state index in [0.29, 0.717) is 26.2 Å². The van der Waals surface area contributed by atoms with Crippen molar-refractivity contribution in [3.8, 4) is 0 Å². The summed E-state index contributed by atoms with van der Waals surface area (Å²) in [6.45, 7) is 5.69. The average Bonchev–Trinajstić information content (AvgIpc) is 3.31. The van der Waals surface area contributed by atoms with Gasteiger partial charge in [0.15, 0.2) is 12.2 Å². The van der Waals surface area contributed by atoms with Gasteiger partial charge in [0.2, 0.25) is 0 Å². The lowest BCUT2D eigenvalue weighted by Gasteiger charge is -2.20. The van der Waals surface area contributed by atoms with Crippen LogP contribution >= 0.6 is 0 Å². The minimum absolute atomic E-state index is 0.239. The molecule has 0 aromatic carbocycles. The molecule has 2 fully saturated rings. The van der Waals surface area contributed by atoms with Crippen LogP contribution in [0.15, 0.2) is 12.2 Å². The molecule has 0 spiro atoms.